The molecule has 0 N–H and O–H groups in total. The number of carbonyl (C=O) groups is 1. The lowest BCUT2D eigenvalue weighted by atomic mass is 9.96. The lowest BCUT2D eigenvalue weighted by molar-refractivity contribution is -0.114. The minimum absolute atomic E-state index is 0.0244. The van der Waals surface area contributed by atoms with Crippen LogP contribution in [0.5, 0.6) is 0 Å². The molecule has 0 aliphatic carbocycles. The molecule has 0 aromatic heterocycles. The van der Waals surface area contributed by atoms with Gasteiger partial charge in [-0.05, 0) is 12.3 Å². The summed E-state index contributed by atoms with van der Waals surface area (Å²) < 4.78 is 0. The highest BCUT2D eigenvalue weighted by atomic mass is 32.1. The number of hydrogen-bond donors (Lipinski definition) is 1. The summed E-state index contributed by atoms with van der Waals surface area (Å²) in [6, 6.07) is 0. The van der Waals surface area contributed by atoms with Crippen LogP contribution in [-0.2, 0) is 4.79 Å². The molecule has 70 valence electrons. The molecule has 0 aromatic rings. The van der Waals surface area contributed by atoms with E-state index < -0.39 is 0 Å². The lowest BCUT2D eigenvalue weighted by Gasteiger charge is -2.11. The van der Waals surface area contributed by atoms with Gasteiger partial charge in [0.15, 0.2) is 5.12 Å². The third-order valence-electron chi connectivity index (χ3n) is 2.07. The Kier molecular flexibility index (Phi) is 6.17. The van der Waals surface area contributed by atoms with E-state index in [1.807, 2.05) is 13.8 Å². The smallest absolute Gasteiger partial charge is 0.189 e. The van der Waals surface area contributed by atoms with Gasteiger partial charge in [0, 0.05) is 5.92 Å². The fraction of sp³-hybridized carbons (Fsp3) is 0.700. The maximum Gasteiger partial charge on any atom is 0.189 e. The van der Waals surface area contributed by atoms with Gasteiger partial charge in [0.2, 0.25) is 0 Å². The Bertz CT molecular complexity index is 163. The summed E-state index contributed by atoms with van der Waals surface area (Å²) in [5, 5.41) is -0.0244. The van der Waals surface area contributed by atoms with Crippen LogP contribution in [0.2, 0.25) is 0 Å². The molecule has 2 unspecified atom stereocenters. The van der Waals surface area contributed by atoms with E-state index in [0.717, 1.165) is 12.8 Å². The van der Waals surface area contributed by atoms with Gasteiger partial charge >= 0.3 is 0 Å². The van der Waals surface area contributed by atoms with Gasteiger partial charge in [-0.2, -0.15) is 0 Å². The summed E-state index contributed by atoms with van der Waals surface area (Å²) in [4.78, 5) is 10.8. The SMILES string of the molecule is CCC/C=C\C(C)C(C)C(=O)S. The van der Waals surface area contributed by atoms with Crippen molar-refractivity contribution in [1.29, 1.82) is 0 Å². The van der Waals surface area contributed by atoms with E-state index in [4.69, 9.17) is 0 Å². The van der Waals surface area contributed by atoms with Crippen LogP contribution in [-0.4, -0.2) is 5.12 Å². The molecule has 0 aliphatic heterocycles. The molecule has 0 heterocycles. The molecule has 12 heavy (non-hydrogen) atoms. The fourth-order valence-corrected chi connectivity index (χ4v) is 1.10. The summed E-state index contributed by atoms with van der Waals surface area (Å²) in [7, 11) is 0. The van der Waals surface area contributed by atoms with E-state index in [0.29, 0.717) is 5.92 Å². The van der Waals surface area contributed by atoms with Gasteiger partial charge < -0.3 is 0 Å². The molecule has 0 bridgehead atoms. The zero-order valence-corrected chi connectivity index (χ0v) is 8.97. The predicted octanol–water partition coefficient (Wildman–Crippen LogP) is 3.07. The first-order chi connectivity index (χ1) is 5.59. The van der Waals surface area contributed by atoms with Crippen molar-refractivity contribution in [2.45, 2.75) is 33.6 Å². The largest absolute Gasteiger partial charge is 0.287 e. The number of hydrogen-bond acceptors (Lipinski definition) is 1. The van der Waals surface area contributed by atoms with E-state index >= 15 is 0 Å². The van der Waals surface area contributed by atoms with E-state index in [-0.39, 0.29) is 11.0 Å². The summed E-state index contributed by atoms with van der Waals surface area (Å²) >= 11 is 3.80. The maximum absolute atomic E-state index is 10.8. The number of unbranched alkanes of at least 4 members (excludes halogenated alkanes) is 1. The molecule has 0 saturated heterocycles. The van der Waals surface area contributed by atoms with Crippen molar-refractivity contribution in [2.24, 2.45) is 11.8 Å². The van der Waals surface area contributed by atoms with E-state index in [2.05, 4.69) is 31.7 Å². The van der Waals surface area contributed by atoms with Gasteiger partial charge in [0.1, 0.15) is 0 Å². The molecule has 0 spiro atoms. The molecule has 2 heteroatoms. The van der Waals surface area contributed by atoms with Gasteiger partial charge in [0.05, 0.1) is 0 Å². The quantitative estimate of drug-likeness (QED) is 0.516. The first-order valence-electron chi connectivity index (χ1n) is 4.49. The zero-order valence-electron chi connectivity index (χ0n) is 8.08. The van der Waals surface area contributed by atoms with Crippen LogP contribution in [0.15, 0.2) is 12.2 Å². The predicted molar refractivity (Wildman–Crippen MR) is 56.4 cm³/mol. The molecule has 0 fully saturated rings. The van der Waals surface area contributed by atoms with Crippen molar-refractivity contribution in [2.75, 3.05) is 0 Å². The second-order valence-electron chi connectivity index (χ2n) is 3.20. The molecular weight excluding hydrogens is 168 g/mol. The lowest BCUT2D eigenvalue weighted by Crippen LogP contribution is -2.12. The Balaban J connectivity index is 3.85. The second-order valence-corrected chi connectivity index (χ2v) is 3.64. The first kappa shape index (κ1) is 11.8. The second kappa shape index (κ2) is 6.30. The molecule has 0 aromatic carbocycles. The van der Waals surface area contributed by atoms with Gasteiger partial charge in [-0.1, -0.05) is 39.3 Å². The Hall–Kier alpha value is -0.240. The Morgan fingerprint density at radius 3 is 2.50 bits per heavy atom. The Labute approximate surface area is 80.7 Å². The Morgan fingerprint density at radius 1 is 1.50 bits per heavy atom. The van der Waals surface area contributed by atoms with Crippen molar-refractivity contribution < 1.29 is 4.79 Å². The van der Waals surface area contributed by atoms with Crippen LogP contribution >= 0.6 is 12.6 Å². The van der Waals surface area contributed by atoms with E-state index in [1.54, 1.807) is 0 Å². The third-order valence-corrected chi connectivity index (χ3v) is 2.48. The van der Waals surface area contributed by atoms with Crippen molar-refractivity contribution in [1.82, 2.24) is 0 Å². The van der Waals surface area contributed by atoms with E-state index in [9.17, 15) is 4.79 Å². The monoisotopic (exact) mass is 186 g/mol. The fourth-order valence-electron chi connectivity index (χ4n) is 0.869. The maximum atomic E-state index is 10.8. The van der Waals surface area contributed by atoms with Crippen LogP contribution in [0.1, 0.15) is 33.6 Å². The van der Waals surface area contributed by atoms with Gasteiger partial charge in [0.25, 0.3) is 0 Å². The van der Waals surface area contributed by atoms with Crippen molar-refractivity contribution in [3.05, 3.63) is 12.2 Å². The average Bonchev–Trinajstić information content (AvgIpc) is 2.03. The molecule has 1 nitrogen and oxygen atoms in total. The summed E-state index contributed by atoms with van der Waals surface area (Å²) in [6.07, 6.45) is 6.49. The van der Waals surface area contributed by atoms with Gasteiger partial charge in [-0.3, -0.25) is 4.79 Å². The summed E-state index contributed by atoms with van der Waals surface area (Å²) in [6.45, 7) is 6.10. The first-order valence-corrected chi connectivity index (χ1v) is 4.93. The molecule has 0 amide bonds. The summed E-state index contributed by atoms with van der Waals surface area (Å²) in [5.41, 5.74) is 0. The van der Waals surface area contributed by atoms with Crippen LogP contribution in [0.3, 0.4) is 0 Å². The number of rotatable bonds is 5. The normalized spacial score (nSPS) is 16.3. The van der Waals surface area contributed by atoms with Crippen LogP contribution in [0.25, 0.3) is 0 Å². The van der Waals surface area contributed by atoms with Crippen LogP contribution in [0, 0.1) is 11.8 Å². The number of allylic oxidation sites excluding steroid dienone is 2. The van der Waals surface area contributed by atoms with Crippen molar-refractivity contribution in [3.63, 3.8) is 0 Å². The summed E-state index contributed by atoms with van der Waals surface area (Å²) in [5.74, 6) is 0.336. The zero-order chi connectivity index (χ0) is 9.56. The minimum Gasteiger partial charge on any atom is -0.287 e. The van der Waals surface area contributed by atoms with Crippen LogP contribution < -0.4 is 0 Å². The highest BCUT2D eigenvalue weighted by Crippen LogP contribution is 2.15. The Morgan fingerprint density at radius 2 is 2.08 bits per heavy atom. The topological polar surface area (TPSA) is 17.1 Å². The van der Waals surface area contributed by atoms with Gasteiger partial charge in [-0.15, -0.1) is 12.6 Å². The van der Waals surface area contributed by atoms with Crippen molar-refractivity contribution >= 4 is 17.7 Å². The molecule has 0 aliphatic rings. The highest BCUT2D eigenvalue weighted by Gasteiger charge is 2.13. The third kappa shape index (κ3) is 4.60. The molecular formula is C10H18OS. The number of carbonyl (C=O) groups excluding carboxylic acids is 1. The number of thiol groups is 1. The van der Waals surface area contributed by atoms with E-state index in [1.165, 1.54) is 0 Å². The highest BCUT2D eigenvalue weighted by molar-refractivity contribution is 7.96. The average molecular weight is 186 g/mol. The van der Waals surface area contributed by atoms with Gasteiger partial charge in [-0.25, -0.2) is 0 Å². The molecule has 0 radical (unpaired) electrons. The minimum atomic E-state index is -0.0244. The molecule has 0 saturated carbocycles. The standard InChI is InChI=1S/C10H18OS/c1-4-5-6-7-8(2)9(3)10(11)12/h6-9H,4-5H2,1-3H3,(H,11,12)/b7-6-. The van der Waals surface area contributed by atoms with Crippen LogP contribution in [0.4, 0.5) is 0 Å². The molecule has 2 atom stereocenters. The van der Waals surface area contributed by atoms with Crippen molar-refractivity contribution in [3.8, 4) is 0 Å². The molecule has 0 rings (SSSR count).